The molecular weight excluding hydrogens is 212 g/mol. The van der Waals surface area contributed by atoms with Crippen molar-refractivity contribution in [3.63, 3.8) is 0 Å². The molecule has 1 unspecified atom stereocenters. The topological polar surface area (TPSA) is 57.4 Å². The van der Waals surface area contributed by atoms with Gasteiger partial charge < -0.3 is 15.2 Å². The predicted molar refractivity (Wildman–Crippen MR) is 61.1 cm³/mol. The molecule has 0 fully saturated rings. The average Bonchev–Trinajstić information content (AvgIpc) is 2.71. The van der Waals surface area contributed by atoms with E-state index in [1.165, 1.54) is 0 Å². The van der Waals surface area contributed by atoms with Crippen molar-refractivity contribution in [2.45, 2.75) is 18.9 Å². The standard InChI is InChI=1S/C10H18N2O2S/c1-13-5-3-8(11)9-7-15-10(12-9)4-6-14-2/h7-8H,3-6,11H2,1-2H3. The maximum Gasteiger partial charge on any atom is 0.0951 e. The van der Waals surface area contributed by atoms with Gasteiger partial charge in [0, 0.05) is 32.6 Å². The molecule has 0 spiro atoms. The normalized spacial score (nSPS) is 13.0. The molecule has 15 heavy (non-hydrogen) atoms. The van der Waals surface area contributed by atoms with Crippen LogP contribution in [0.1, 0.15) is 23.2 Å². The zero-order chi connectivity index (χ0) is 11.1. The molecule has 0 amide bonds. The van der Waals surface area contributed by atoms with Crippen LogP contribution in [0, 0.1) is 0 Å². The third kappa shape index (κ3) is 4.25. The third-order valence-corrected chi connectivity index (χ3v) is 3.03. The van der Waals surface area contributed by atoms with Gasteiger partial charge in [-0.3, -0.25) is 0 Å². The van der Waals surface area contributed by atoms with Crippen LogP contribution in [0.4, 0.5) is 0 Å². The van der Waals surface area contributed by atoms with Crippen molar-refractivity contribution in [2.75, 3.05) is 27.4 Å². The van der Waals surface area contributed by atoms with Crippen LogP contribution in [0.3, 0.4) is 0 Å². The van der Waals surface area contributed by atoms with E-state index in [4.69, 9.17) is 15.2 Å². The highest BCUT2D eigenvalue weighted by Gasteiger charge is 2.09. The van der Waals surface area contributed by atoms with Gasteiger partial charge in [-0.15, -0.1) is 11.3 Å². The highest BCUT2D eigenvalue weighted by Crippen LogP contribution is 2.17. The number of hydrogen-bond donors (Lipinski definition) is 1. The average molecular weight is 230 g/mol. The number of nitrogens with zero attached hydrogens (tertiary/aromatic N) is 1. The smallest absolute Gasteiger partial charge is 0.0951 e. The van der Waals surface area contributed by atoms with Crippen LogP contribution in [0.5, 0.6) is 0 Å². The fraction of sp³-hybridized carbons (Fsp3) is 0.700. The zero-order valence-corrected chi connectivity index (χ0v) is 10.0. The molecule has 0 aliphatic rings. The van der Waals surface area contributed by atoms with Gasteiger partial charge in [-0.2, -0.15) is 0 Å². The molecule has 1 aromatic rings. The van der Waals surface area contributed by atoms with Crippen molar-refractivity contribution in [3.05, 3.63) is 16.1 Å². The fourth-order valence-electron chi connectivity index (χ4n) is 1.19. The van der Waals surface area contributed by atoms with Gasteiger partial charge >= 0.3 is 0 Å². The second-order valence-electron chi connectivity index (χ2n) is 3.30. The Kier molecular flexibility index (Phi) is 5.78. The molecule has 1 heterocycles. The van der Waals surface area contributed by atoms with Crippen molar-refractivity contribution >= 4 is 11.3 Å². The maximum atomic E-state index is 5.96. The van der Waals surface area contributed by atoms with E-state index < -0.39 is 0 Å². The Morgan fingerprint density at radius 2 is 2.13 bits per heavy atom. The van der Waals surface area contributed by atoms with Crippen LogP contribution in [0.25, 0.3) is 0 Å². The van der Waals surface area contributed by atoms with Crippen LogP contribution in [0.15, 0.2) is 5.38 Å². The summed E-state index contributed by atoms with van der Waals surface area (Å²) in [6.45, 7) is 1.38. The van der Waals surface area contributed by atoms with Crippen LogP contribution in [-0.4, -0.2) is 32.4 Å². The predicted octanol–water partition coefficient (Wildman–Crippen LogP) is 1.37. The van der Waals surface area contributed by atoms with Gasteiger partial charge in [-0.1, -0.05) is 0 Å². The number of hydrogen-bond acceptors (Lipinski definition) is 5. The lowest BCUT2D eigenvalue weighted by Crippen LogP contribution is -2.13. The fourth-order valence-corrected chi connectivity index (χ4v) is 2.04. The second-order valence-corrected chi connectivity index (χ2v) is 4.24. The van der Waals surface area contributed by atoms with E-state index in [1.54, 1.807) is 25.6 Å². The van der Waals surface area contributed by atoms with Crippen LogP contribution in [-0.2, 0) is 15.9 Å². The van der Waals surface area contributed by atoms with Gasteiger partial charge in [0.25, 0.3) is 0 Å². The number of methoxy groups -OCH3 is 2. The summed E-state index contributed by atoms with van der Waals surface area (Å²) < 4.78 is 9.98. The lowest BCUT2D eigenvalue weighted by Gasteiger charge is -2.06. The van der Waals surface area contributed by atoms with Gasteiger partial charge in [0.15, 0.2) is 0 Å². The second kappa shape index (κ2) is 6.90. The summed E-state index contributed by atoms with van der Waals surface area (Å²) in [5, 5.41) is 3.10. The van der Waals surface area contributed by atoms with Crippen molar-refractivity contribution < 1.29 is 9.47 Å². The van der Waals surface area contributed by atoms with Gasteiger partial charge in [0.1, 0.15) is 0 Å². The minimum Gasteiger partial charge on any atom is -0.385 e. The monoisotopic (exact) mass is 230 g/mol. The largest absolute Gasteiger partial charge is 0.385 e. The molecule has 0 radical (unpaired) electrons. The molecule has 0 aliphatic heterocycles. The summed E-state index contributed by atoms with van der Waals surface area (Å²) in [5.41, 5.74) is 6.92. The lowest BCUT2D eigenvalue weighted by molar-refractivity contribution is 0.187. The van der Waals surface area contributed by atoms with Gasteiger partial charge in [0.05, 0.1) is 23.4 Å². The summed E-state index contributed by atoms with van der Waals surface area (Å²) in [6.07, 6.45) is 1.67. The molecule has 4 nitrogen and oxygen atoms in total. The Morgan fingerprint density at radius 3 is 2.80 bits per heavy atom. The van der Waals surface area contributed by atoms with E-state index in [-0.39, 0.29) is 6.04 Å². The van der Waals surface area contributed by atoms with E-state index >= 15 is 0 Å². The van der Waals surface area contributed by atoms with Crippen molar-refractivity contribution in [1.29, 1.82) is 0 Å². The first kappa shape index (κ1) is 12.6. The van der Waals surface area contributed by atoms with Gasteiger partial charge in [-0.05, 0) is 6.42 Å². The molecule has 1 rings (SSSR count). The molecule has 86 valence electrons. The number of rotatable bonds is 7. The number of thiazole rings is 1. The molecule has 0 saturated heterocycles. The van der Waals surface area contributed by atoms with Crippen molar-refractivity contribution in [3.8, 4) is 0 Å². The first-order valence-electron chi connectivity index (χ1n) is 4.95. The molecule has 0 aromatic carbocycles. The Bertz CT molecular complexity index is 278. The van der Waals surface area contributed by atoms with Gasteiger partial charge in [-0.25, -0.2) is 4.98 Å². The Balaban J connectivity index is 2.43. The number of ether oxygens (including phenoxy) is 2. The highest BCUT2D eigenvalue weighted by molar-refractivity contribution is 7.09. The number of aromatic nitrogens is 1. The van der Waals surface area contributed by atoms with Crippen molar-refractivity contribution in [2.24, 2.45) is 5.73 Å². The zero-order valence-electron chi connectivity index (χ0n) is 9.23. The lowest BCUT2D eigenvalue weighted by atomic mass is 10.2. The molecule has 0 bridgehead atoms. The first-order chi connectivity index (χ1) is 7.27. The van der Waals surface area contributed by atoms with Crippen molar-refractivity contribution in [1.82, 2.24) is 4.98 Å². The maximum absolute atomic E-state index is 5.96. The Labute approximate surface area is 94.4 Å². The van der Waals surface area contributed by atoms with E-state index in [9.17, 15) is 0 Å². The summed E-state index contributed by atoms with van der Waals surface area (Å²) in [6, 6.07) is -0.0162. The molecule has 2 N–H and O–H groups in total. The summed E-state index contributed by atoms with van der Waals surface area (Å²) >= 11 is 1.64. The summed E-state index contributed by atoms with van der Waals surface area (Å²) in [5.74, 6) is 0. The highest BCUT2D eigenvalue weighted by atomic mass is 32.1. The van der Waals surface area contributed by atoms with Crippen LogP contribution < -0.4 is 5.73 Å². The molecule has 0 saturated carbocycles. The van der Waals surface area contributed by atoms with Gasteiger partial charge in [0.2, 0.25) is 0 Å². The summed E-state index contributed by atoms with van der Waals surface area (Å²) in [4.78, 5) is 4.46. The third-order valence-electron chi connectivity index (χ3n) is 2.10. The molecule has 1 aromatic heterocycles. The van der Waals surface area contributed by atoms with E-state index in [0.717, 1.165) is 23.5 Å². The summed E-state index contributed by atoms with van der Waals surface area (Å²) in [7, 11) is 3.37. The van der Waals surface area contributed by atoms with E-state index in [1.807, 2.05) is 5.38 Å². The van der Waals surface area contributed by atoms with E-state index in [0.29, 0.717) is 13.2 Å². The molecular formula is C10H18N2O2S. The Hall–Kier alpha value is -0.490. The minimum absolute atomic E-state index is 0.0162. The van der Waals surface area contributed by atoms with E-state index in [2.05, 4.69) is 4.98 Å². The quantitative estimate of drug-likeness (QED) is 0.768. The molecule has 0 aliphatic carbocycles. The SMILES string of the molecule is COCCc1nc(C(N)CCOC)cs1. The van der Waals surface area contributed by atoms with Crippen LogP contribution in [0.2, 0.25) is 0 Å². The number of nitrogens with two attached hydrogens (primary N) is 1. The minimum atomic E-state index is -0.0162. The van der Waals surface area contributed by atoms with Crippen LogP contribution >= 0.6 is 11.3 Å². The first-order valence-corrected chi connectivity index (χ1v) is 5.83. The molecule has 5 heteroatoms. The Morgan fingerprint density at radius 1 is 1.40 bits per heavy atom. The molecule has 1 atom stereocenters.